The van der Waals surface area contributed by atoms with Crippen LogP contribution in [-0.2, 0) is 0 Å². The summed E-state index contributed by atoms with van der Waals surface area (Å²) in [4.78, 5) is 13.0. The Bertz CT molecular complexity index is 377. The highest BCUT2D eigenvalue weighted by Gasteiger charge is 2.43. The van der Waals surface area contributed by atoms with Gasteiger partial charge in [-0.3, -0.25) is 9.89 Å². The van der Waals surface area contributed by atoms with Crippen molar-refractivity contribution in [2.24, 2.45) is 5.92 Å². The topological polar surface area (TPSA) is 49.0 Å². The molecule has 1 atom stereocenters. The quantitative estimate of drug-likeness (QED) is 0.793. The van der Waals surface area contributed by atoms with E-state index in [9.17, 15) is 13.6 Å². The Morgan fingerprint density at radius 3 is 3.00 bits per heavy atom. The normalized spacial score (nSPS) is 24.4. The molecular formula is C10H13F2N3O. The second kappa shape index (κ2) is 3.84. The highest BCUT2D eigenvalue weighted by molar-refractivity contribution is 5.93. The van der Waals surface area contributed by atoms with Gasteiger partial charge in [0.15, 0.2) is 0 Å². The molecule has 1 aliphatic rings. The Balaban J connectivity index is 2.10. The van der Waals surface area contributed by atoms with Gasteiger partial charge in [-0.1, -0.05) is 6.92 Å². The third-order valence-corrected chi connectivity index (χ3v) is 2.99. The molecule has 2 rings (SSSR count). The van der Waals surface area contributed by atoms with E-state index in [0.29, 0.717) is 18.5 Å². The maximum atomic E-state index is 13.4. The molecule has 0 radical (unpaired) electrons. The van der Waals surface area contributed by atoms with E-state index >= 15 is 0 Å². The molecular weight excluding hydrogens is 216 g/mol. The van der Waals surface area contributed by atoms with Crippen LogP contribution in [0.2, 0.25) is 0 Å². The van der Waals surface area contributed by atoms with Gasteiger partial charge in [-0.25, -0.2) is 8.78 Å². The first-order valence-corrected chi connectivity index (χ1v) is 5.16. The standard InChI is InChI=1S/C10H13F2N3O/c1-7-2-3-15(6-10(7,11)12)9(16)8-4-13-14-5-8/h4-5,7H,2-3,6H2,1H3,(H,13,14). The number of amides is 1. The minimum absolute atomic E-state index is 0.324. The molecule has 0 aliphatic carbocycles. The van der Waals surface area contributed by atoms with E-state index in [1.54, 1.807) is 0 Å². The summed E-state index contributed by atoms with van der Waals surface area (Å²) in [6.45, 7) is 1.39. The maximum absolute atomic E-state index is 13.4. The molecule has 2 heterocycles. The third kappa shape index (κ3) is 1.91. The number of nitrogens with zero attached hydrogens (tertiary/aromatic N) is 2. The summed E-state index contributed by atoms with van der Waals surface area (Å²) in [5.74, 6) is -3.85. The smallest absolute Gasteiger partial charge is 0.267 e. The van der Waals surface area contributed by atoms with Crippen LogP contribution in [0.1, 0.15) is 23.7 Å². The molecule has 1 aliphatic heterocycles. The van der Waals surface area contributed by atoms with E-state index in [-0.39, 0.29) is 5.91 Å². The van der Waals surface area contributed by atoms with E-state index in [2.05, 4.69) is 10.2 Å². The van der Waals surface area contributed by atoms with Gasteiger partial charge in [-0.15, -0.1) is 0 Å². The van der Waals surface area contributed by atoms with Crippen molar-refractivity contribution in [3.8, 4) is 0 Å². The van der Waals surface area contributed by atoms with Gasteiger partial charge in [0.2, 0.25) is 0 Å². The number of nitrogens with one attached hydrogen (secondary N) is 1. The highest BCUT2D eigenvalue weighted by atomic mass is 19.3. The van der Waals surface area contributed by atoms with Crippen molar-refractivity contribution in [1.29, 1.82) is 0 Å². The minimum atomic E-state index is -2.79. The van der Waals surface area contributed by atoms with E-state index < -0.39 is 18.4 Å². The molecule has 0 saturated carbocycles. The first-order valence-electron chi connectivity index (χ1n) is 5.16. The molecule has 16 heavy (non-hydrogen) atoms. The third-order valence-electron chi connectivity index (χ3n) is 2.99. The molecule has 1 aromatic rings. The number of hydrogen-bond donors (Lipinski definition) is 1. The van der Waals surface area contributed by atoms with Gasteiger partial charge in [0.25, 0.3) is 11.8 Å². The van der Waals surface area contributed by atoms with E-state index in [1.165, 1.54) is 24.2 Å². The summed E-state index contributed by atoms with van der Waals surface area (Å²) in [7, 11) is 0. The Kier molecular flexibility index (Phi) is 2.65. The second-order valence-corrected chi connectivity index (χ2v) is 4.16. The lowest BCUT2D eigenvalue weighted by Gasteiger charge is -2.36. The van der Waals surface area contributed by atoms with Crippen LogP contribution < -0.4 is 0 Å². The number of carbonyl (C=O) groups excluding carboxylic acids is 1. The van der Waals surface area contributed by atoms with Gasteiger partial charge in [0, 0.05) is 18.7 Å². The van der Waals surface area contributed by atoms with Crippen LogP contribution in [0.3, 0.4) is 0 Å². The number of alkyl halides is 2. The van der Waals surface area contributed by atoms with Gasteiger partial charge in [-0.2, -0.15) is 5.10 Å². The second-order valence-electron chi connectivity index (χ2n) is 4.16. The molecule has 0 bridgehead atoms. The van der Waals surface area contributed by atoms with Gasteiger partial charge in [0.1, 0.15) is 0 Å². The van der Waals surface area contributed by atoms with Crippen LogP contribution >= 0.6 is 0 Å². The molecule has 88 valence electrons. The minimum Gasteiger partial charge on any atom is -0.332 e. The maximum Gasteiger partial charge on any atom is 0.267 e. The number of aromatic amines is 1. The molecule has 0 spiro atoms. The van der Waals surface area contributed by atoms with Gasteiger partial charge >= 0.3 is 0 Å². The summed E-state index contributed by atoms with van der Waals surface area (Å²) in [5.41, 5.74) is 0.324. The Morgan fingerprint density at radius 2 is 2.44 bits per heavy atom. The van der Waals surface area contributed by atoms with E-state index in [1.807, 2.05) is 0 Å². The number of carbonyl (C=O) groups is 1. The molecule has 1 fully saturated rings. The Hall–Kier alpha value is -1.46. The van der Waals surface area contributed by atoms with E-state index in [0.717, 1.165) is 0 Å². The fourth-order valence-corrected chi connectivity index (χ4v) is 1.77. The zero-order valence-electron chi connectivity index (χ0n) is 8.91. The van der Waals surface area contributed by atoms with Crippen molar-refractivity contribution in [3.63, 3.8) is 0 Å². The van der Waals surface area contributed by atoms with Crippen LogP contribution in [0, 0.1) is 5.92 Å². The molecule has 4 nitrogen and oxygen atoms in total. The van der Waals surface area contributed by atoms with Gasteiger partial charge in [0.05, 0.1) is 18.3 Å². The molecule has 1 saturated heterocycles. The lowest BCUT2D eigenvalue weighted by atomic mass is 9.94. The number of hydrogen-bond acceptors (Lipinski definition) is 2. The van der Waals surface area contributed by atoms with E-state index in [4.69, 9.17) is 0 Å². The summed E-state index contributed by atoms with van der Waals surface area (Å²) in [6.07, 6.45) is 3.09. The first kappa shape index (κ1) is 11.0. The van der Waals surface area contributed by atoms with Crippen molar-refractivity contribution < 1.29 is 13.6 Å². The fourth-order valence-electron chi connectivity index (χ4n) is 1.77. The van der Waals surface area contributed by atoms with Crippen molar-refractivity contribution in [1.82, 2.24) is 15.1 Å². The van der Waals surface area contributed by atoms with Crippen molar-refractivity contribution in [2.45, 2.75) is 19.3 Å². The lowest BCUT2D eigenvalue weighted by molar-refractivity contribution is -0.0957. The van der Waals surface area contributed by atoms with Crippen LogP contribution in [0.4, 0.5) is 8.78 Å². The number of piperidine rings is 1. The largest absolute Gasteiger partial charge is 0.332 e. The molecule has 1 unspecified atom stereocenters. The lowest BCUT2D eigenvalue weighted by Crippen LogP contribution is -2.49. The average Bonchev–Trinajstić information content (AvgIpc) is 2.74. The highest BCUT2D eigenvalue weighted by Crippen LogP contribution is 2.32. The Labute approximate surface area is 91.6 Å². The predicted octanol–water partition coefficient (Wildman–Crippen LogP) is 1.53. The summed E-state index contributed by atoms with van der Waals surface area (Å²) in [6, 6.07) is 0. The average molecular weight is 229 g/mol. The summed E-state index contributed by atoms with van der Waals surface area (Å²) < 4.78 is 26.9. The van der Waals surface area contributed by atoms with Crippen LogP contribution in [0.25, 0.3) is 0 Å². The van der Waals surface area contributed by atoms with Crippen LogP contribution in [0.5, 0.6) is 0 Å². The van der Waals surface area contributed by atoms with Gasteiger partial charge < -0.3 is 4.90 Å². The molecule has 0 aromatic carbocycles. The summed E-state index contributed by atoms with van der Waals surface area (Å²) >= 11 is 0. The number of H-pyrrole nitrogens is 1. The molecule has 6 heteroatoms. The number of aromatic nitrogens is 2. The van der Waals surface area contributed by atoms with Crippen molar-refractivity contribution in [2.75, 3.05) is 13.1 Å². The zero-order chi connectivity index (χ0) is 11.8. The zero-order valence-corrected chi connectivity index (χ0v) is 8.91. The monoisotopic (exact) mass is 229 g/mol. The Morgan fingerprint density at radius 1 is 1.69 bits per heavy atom. The number of likely N-dealkylation sites (tertiary alicyclic amines) is 1. The molecule has 1 aromatic heterocycles. The van der Waals surface area contributed by atoms with Crippen molar-refractivity contribution in [3.05, 3.63) is 18.0 Å². The van der Waals surface area contributed by atoms with Gasteiger partial charge in [-0.05, 0) is 6.42 Å². The van der Waals surface area contributed by atoms with Crippen molar-refractivity contribution >= 4 is 5.91 Å². The SMILES string of the molecule is CC1CCN(C(=O)c2cn[nH]c2)CC1(F)F. The number of halogens is 2. The van der Waals surface area contributed by atoms with Crippen LogP contribution in [-0.4, -0.2) is 40.0 Å². The predicted molar refractivity (Wildman–Crippen MR) is 53.2 cm³/mol. The van der Waals surface area contributed by atoms with Crippen LogP contribution in [0.15, 0.2) is 12.4 Å². The number of rotatable bonds is 1. The molecule has 1 amide bonds. The fraction of sp³-hybridized carbons (Fsp3) is 0.600. The summed E-state index contributed by atoms with van der Waals surface area (Å²) in [5, 5.41) is 6.12. The first-order chi connectivity index (χ1) is 7.50. The molecule has 1 N–H and O–H groups in total.